The molecule has 0 aliphatic heterocycles. The summed E-state index contributed by atoms with van der Waals surface area (Å²) in [4.78, 5) is 24.7. The molecule has 2 N–H and O–H groups in total. The molecule has 0 radical (unpaired) electrons. The minimum atomic E-state index is -4.79. The van der Waals surface area contributed by atoms with Crippen molar-refractivity contribution in [2.45, 2.75) is 19.0 Å². The Morgan fingerprint density at radius 1 is 0.771 bits per heavy atom. The number of rotatable bonds is 6. The lowest BCUT2D eigenvalue weighted by atomic mass is 10.0. The first kappa shape index (κ1) is 23.9. The summed E-state index contributed by atoms with van der Waals surface area (Å²) in [6.07, 6.45) is -4.45. The van der Waals surface area contributed by atoms with Crippen LogP contribution in [0.3, 0.4) is 0 Å². The number of anilines is 2. The molecule has 178 valence electrons. The number of hydrogen-bond acceptors (Lipinski definition) is 2. The number of carbonyl (C=O) groups excluding carboxylic acids is 2. The van der Waals surface area contributed by atoms with E-state index in [1.54, 1.807) is 0 Å². The van der Waals surface area contributed by atoms with Gasteiger partial charge in [0.05, 0.1) is 16.8 Å². The summed E-state index contributed by atoms with van der Waals surface area (Å²) >= 11 is 0. The van der Waals surface area contributed by atoms with Crippen molar-refractivity contribution in [1.29, 1.82) is 0 Å². The molecule has 0 saturated carbocycles. The fourth-order valence-electron chi connectivity index (χ4n) is 3.67. The van der Waals surface area contributed by atoms with Crippen molar-refractivity contribution in [3.05, 3.63) is 107 Å². The summed E-state index contributed by atoms with van der Waals surface area (Å²) in [5.74, 6) is -2.26. The van der Waals surface area contributed by atoms with Crippen molar-refractivity contribution in [1.82, 2.24) is 0 Å². The maximum atomic E-state index is 13.8. The first-order chi connectivity index (χ1) is 16.7. The molecule has 0 spiro atoms. The molecule has 0 aromatic heterocycles. The van der Waals surface area contributed by atoms with Gasteiger partial charge in [0.25, 0.3) is 5.91 Å². The highest BCUT2D eigenvalue weighted by Gasteiger charge is 2.34. The quantitative estimate of drug-likeness (QED) is 0.298. The van der Waals surface area contributed by atoms with Crippen molar-refractivity contribution in [2.24, 2.45) is 0 Å². The maximum Gasteiger partial charge on any atom is 0.418 e. The van der Waals surface area contributed by atoms with Crippen LogP contribution in [0.2, 0.25) is 0 Å². The highest BCUT2D eigenvalue weighted by Crippen LogP contribution is 2.37. The van der Waals surface area contributed by atoms with Gasteiger partial charge in [-0.3, -0.25) is 9.59 Å². The number of fused-ring (bicyclic) bond motifs is 1. The smallest absolute Gasteiger partial charge is 0.325 e. The summed E-state index contributed by atoms with van der Waals surface area (Å²) in [5.41, 5.74) is -1.14. The molecule has 0 bridgehead atoms. The van der Waals surface area contributed by atoms with Gasteiger partial charge in [-0.2, -0.15) is 13.2 Å². The minimum absolute atomic E-state index is 0.0125. The minimum Gasteiger partial charge on any atom is -0.325 e. The molecule has 0 atom stereocenters. The largest absolute Gasteiger partial charge is 0.418 e. The van der Waals surface area contributed by atoms with Crippen LogP contribution in [0.1, 0.15) is 27.9 Å². The highest BCUT2D eigenvalue weighted by atomic mass is 19.4. The lowest BCUT2D eigenvalue weighted by Gasteiger charge is -2.16. The van der Waals surface area contributed by atoms with Gasteiger partial charge in [0, 0.05) is 12.1 Å². The predicted molar refractivity (Wildman–Crippen MR) is 127 cm³/mol. The van der Waals surface area contributed by atoms with Crippen LogP contribution >= 0.6 is 0 Å². The van der Waals surface area contributed by atoms with E-state index in [9.17, 15) is 27.2 Å². The number of carbonyl (C=O) groups is 2. The number of hydrogen-bond donors (Lipinski definition) is 2. The first-order valence-corrected chi connectivity index (χ1v) is 10.8. The van der Waals surface area contributed by atoms with Gasteiger partial charge in [-0.1, -0.05) is 54.6 Å². The first-order valence-electron chi connectivity index (χ1n) is 10.8. The van der Waals surface area contributed by atoms with Gasteiger partial charge in [-0.15, -0.1) is 0 Å². The van der Waals surface area contributed by atoms with Crippen LogP contribution in [0, 0.1) is 5.82 Å². The van der Waals surface area contributed by atoms with Crippen molar-refractivity contribution in [3.8, 4) is 0 Å². The summed E-state index contributed by atoms with van der Waals surface area (Å²) in [6, 6.07) is 21.6. The third-order valence-electron chi connectivity index (χ3n) is 5.43. The zero-order chi connectivity index (χ0) is 25.0. The molecular formula is C27H20F4N2O2. The molecule has 0 unspecified atom stereocenters. The summed E-state index contributed by atoms with van der Waals surface area (Å²) in [6.45, 7) is 0. The van der Waals surface area contributed by atoms with Crippen LogP contribution in [0.4, 0.5) is 28.9 Å². The Morgan fingerprint density at radius 2 is 1.49 bits per heavy atom. The molecule has 8 heteroatoms. The lowest BCUT2D eigenvalue weighted by Crippen LogP contribution is -2.18. The Labute approximate surface area is 198 Å². The van der Waals surface area contributed by atoms with Gasteiger partial charge in [0.15, 0.2) is 0 Å². The second-order valence-electron chi connectivity index (χ2n) is 7.92. The molecule has 4 aromatic carbocycles. The van der Waals surface area contributed by atoms with Gasteiger partial charge in [-0.05, 0) is 53.1 Å². The lowest BCUT2D eigenvalue weighted by molar-refractivity contribution is -0.136. The molecule has 0 aliphatic rings. The zero-order valence-electron chi connectivity index (χ0n) is 18.3. The third-order valence-corrected chi connectivity index (χ3v) is 5.43. The SMILES string of the molecule is O=C(CCc1ccc2ccccc2c1)Nc1ccc(NC(=O)c2ccccc2F)cc1C(F)(F)F. The van der Waals surface area contributed by atoms with Crippen molar-refractivity contribution in [2.75, 3.05) is 10.6 Å². The van der Waals surface area contributed by atoms with Gasteiger partial charge >= 0.3 is 6.18 Å². The monoisotopic (exact) mass is 480 g/mol. The van der Waals surface area contributed by atoms with Gasteiger partial charge in [-0.25, -0.2) is 4.39 Å². The van der Waals surface area contributed by atoms with Crippen LogP contribution in [-0.2, 0) is 17.4 Å². The van der Waals surface area contributed by atoms with E-state index < -0.39 is 35.1 Å². The molecule has 2 amide bonds. The summed E-state index contributed by atoms with van der Waals surface area (Å²) in [7, 11) is 0. The van der Waals surface area contributed by atoms with E-state index in [0.717, 1.165) is 28.5 Å². The molecule has 0 fully saturated rings. The molecule has 4 rings (SSSR count). The Bertz CT molecular complexity index is 1400. The van der Waals surface area contributed by atoms with Crippen molar-refractivity contribution >= 4 is 34.0 Å². The third kappa shape index (κ3) is 5.84. The molecule has 0 aliphatic carbocycles. The number of nitrogens with one attached hydrogen (secondary N) is 2. The number of alkyl halides is 3. The van der Waals surface area contributed by atoms with Crippen LogP contribution in [-0.4, -0.2) is 11.8 Å². The summed E-state index contributed by atoms with van der Waals surface area (Å²) < 4.78 is 54.8. The van der Waals surface area contributed by atoms with Crippen LogP contribution in [0.5, 0.6) is 0 Å². The number of benzene rings is 4. The Balaban J connectivity index is 1.46. The van der Waals surface area contributed by atoms with Crippen LogP contribution in [0.25, 0.3) is 10.8 Å². The van der Waals surface area contributed by atoms with Crippen LogP contribution in [0.15, 0.2) is 84.9 Å². The van der Waals surface area contributed by atoms with Crippen molar-refractivity contribution in [3.63, 3.8) is 0 Å². The van der Waals surface area contributed by atoms with E-state index in [0.29, 0.717) is 12.5 Å². The molecule has 0 heterocycles. The fourth-order valence-corrected chi connectivity index (χ4v) is 3.67. The van der Waals surface area contributed by atoms with E-state index in [2.05, 4.69) is 10.6 Å². The van der Waals surface area contributed by atoms with Crippen LogP contribution < -0.4 is 10.6 Å². The zero-order valence-corrected chi connectivity index (χ0v) is 18.3. The topological polar surface area (TPSA) is 58.2 Å². The molecule has 35 heavy (non-hydrogen) atoms. The second kappa shape index (κ2) is 9.97. The highest BCUT2D eigenvalue weighted by molar-refractivity contribution is 6.04. The second-order valence-corrected chi connectivity index (χ2v) is 7.92. The van der Waals surface area contributed by atoms with E-state index in [-0.39, 0.29) is 17.7 Å². The Hall–Kier alpha value is -4.20. The number of halogens is 4. The van der Waals surface area contributed by atoms with Gasteiger partial charge < -0.3 is 10.6 Å². The maximum absolute atomic E-state index is 13.8. The van der Waals surface area contributed by atoms with Crippen molar-refractivity contribution < 1.29 is 27.2 Å². The molecule has 4 nitrogen and oxygen atoms in total. The van der Waals surface area contributed by atoms with Gasteiger partial charge in [0.2, 0.25) is 5.91 Å². The van der Waals surface area contributed by atoms with E-state index in [1.807, 2.05) is 42.5 Å². The number of amides is 2. The van der Waals surface area contributed by atoms with E-state index in [4.69, 9.17) is 0 Å². The molecule has 0 saturated heterocycles. The van der Waals surface area contributed by atoms with E-state index in [1.165, 1.54) is 24.3 Å². The average Bonchev–Trinajstić information content (AvgIpc) is 2.83. The normalized spacial score (nSPS) is 11.3. The standard InChI is InChI=1S/C27H20F4N2O2/c28-23-8-4-3-7-21(23)26(35)32-20-12-13-24(22(16-20)27(29,30)31)33-25(34)14-10-17-9-11-18-5-1-2-6-19(18)15-17/h1-9,11-13,15-16H,10,14H2,(H,32,35)(H,33,34). The number of aryl methyl sites for hydroxylation is 1. The Kier molecular flexibility index (Phi) is 6.82. The summed E-state index contributed by atoms with van der Waals surface area (Å²) in [5, 5.41) is 6.64. The van der Waals surface area contributed by atoms with Gasteiger partial charge in [0.1, 0.15) is 5.82 Å². The fraction of sp³-hybridized carbons (Fsp3) is 0.111. The Morgan fingerprint density at radius 3 is 2.23 bits per heavy atom. The molecular weight excluding hydrogens is 460 g/mol. The predicted octanol–water partition coefficient (Wildman–Crippen LogP) is 6.82. The molecule has 4 aromatic rings. The average molecular weight is 480 g/mol. The van der Waals surface area contributed by atoms with E-state index >= 15 is 0 Å².